The molecule has 20 heavy (non-hydrogen) atoms. The Hall–Kier alpha value is -1.56. The molecule has 1 atom stereocenters. The second-order valence-corrected chi connectivity index (χ2v) is 7.65. The fraction of sp³-hybridized carbons (Fsp3) is 0.500. The Kier molecular flexibility index (Phi) is 3.54. The molecule has 1 aromatic carbocycles. The van der Waals surface area contributed by atoms with Gasteiger partial charge in [-0.1, -0.05) is 13.8 Å². The highest BCUT2D eigenvalue weighted by Crippen LogP contribution is 2.43. The van der Waals surface area contributed by atoms with Gasteiger partial charge in [-0.2, -0.15) is 0 Å². The molecule has 1 aromatic rings. The third kappa shape index (κ3) is 2.28. The van der Waals surface area contributed by atoms with Crippen molar-refractivity contribution >= 4 is 15.8 Å². The van der Waals surface area contributed by atoms with E-state index < -0.39 is 26.5 Å². The molecule has 1 heterocycles. The molecule has 6 heteroatoms. The summed E-state index contributed by atoms with van der Waals surface area (Å²) in [5.41, 5.74) is 0.0949. The Labute approximate surface area is 118 Å². The fourth-order valence-electron chi connectivity index (χ4n) is 2.60. The van der Waals surface area contributed by atoms with Crippen LogP contribution in [0.15, 0.2) is 23.1 Å². The highest BCUT2D eigenvalue weighted by molar-refractivity contribution is 7.93. The van der Waals surface area contributed by atoms with Crippen LogP contribution in [0.2, 0.25) is 0 Å². The average Bonchev–Trinajstić information content (AvgIpc) is 2.34. The van der Waals surface area contributed by atoms with Crippen molar-refractivity contribution in [2.75, 3.05) is 6.61 Å². The maximum Gasteiger partial charge on any atom is 0.322 e. The van der Waals surface area contributed by atoms with E-state index >= 15 is 0 Å². The van der Waals surface area contributed by atoms with E-state index in [4.69, 9.17) is 9.84 Å². The lowest BCUT2D eigenvalue weighted by Gasteiger charge is -2.35. The van der Waals surface area contributed by atoms with E-state index in [1.165, 1.54) is 6.07 Å². The molecule has 110 valence electrons. The Bertz CT molecular complexity index is 646. The summed E-state index contributed by atoms with van der Waals surface area (Å²) in [4.78, 5) is 11.3. The molecular weight excluding hydrogens is 280 g/mol. The number of hydrogen-bond donors (Lipinski definition) is 1. The molecule has 0 radical (unpaired) electrons. The van der Waals surface area contributed by atoms with Gasteiger partial charge in [0.15, 0.2) is 15.1 Å². The van der Waals surface area contributed by atoms with Crippen molar-refractivity contribution in [3.05, 3.63) is 23.8 Å². The number of fused-ring (bicyclic) bond motifs is 1. The minimum atomic E-state index is -3.84. The van der Waals surface area contributed by atoms with Crippen LogP contribution in [-0.2, 0) is 20.0 Å². The number of carboxylic acids is 1. The largest absolute Gasteiger partial charge is 0.494 e. The standard InChI is InChI=1S/C14H18O5S/c1-4-19-9-5-6-11-10(7-9)14(2,3)8-12(13(15)16)20(11,17)18/h5-7,12H,4,8H2,1-3H3,(H,15,16). The van der Waals surface area contributed by atoms with Gasteiger partial charge in [0.25, 0.3) is 0 Å². The number of rotatable bonds is 3. The van der Waals surface area contributed by atoms with Crippen LogP contribution in [0.3, 0.4) is 0 Å². The zero-order chi connectivity index (χ0) is 15.1. The Morgan fingerprint density at radius 1 is 1.45 bits per heavy atom. The van der Waals surface area contributed by atoms with Gasteiger partial charge in [-0.3, -0.25) is 4.79 Å². The molecule has 5 nitrogen and oxygen atoms in total. The molecule has 1 aliphatic rings. The van der Waals surface area contributed by atoms with Crippen LogP contribution in [0.1, 0.15) is 32.8 Å². The van der Waals surface area contributed by atoms with Gasteiger partial charge in [0.1, 0.15) is 5.75 Å². The Morgan fingerprint density at radius 2 is 2.10 bits per heavy atom. The van der Waals surface area contributed by atoms with Crippen molar-refractivity contribution in [3.63, 3.8) is 0 Å². The van der Waals surface area contributed by atoms with Crippen LogP contribution in [-0.4, -0.2) is 31.4 Å². The smallest absolute Gasteiger partial charge is 0.322 e. The predicted octanol–water partition coefficient (Wildman–Crippen LogP) is 1.99. The van der Waals surface area contributed by atoms with Crippen LogP contribution >= 0.6 is 0 Å². The van der Waals surface area contributed by atoms with Crippen molar-refractivity contribution in [1.29, 1.82) is 0 Å². The van der Waals surface area contributed by atoms with Gasteiger partial charge < -0.3 is 9.84 Å². The monoisotopic (exact) mass is 298 g/mol. The van der Waals surface area contributed by atoms with Crippen molar-refractivity contribution in [2.24, 2.45) is 0 Å². The van der Waals surface area contributed by atoms with Crippen LogP contribution < -0.4 is 4.74 Å². The second-order valence-electron chi connectivity index (χ2n) is 5.55. The lowest BCUT2D eigenvalue weighted by Crippen LogP contribution is -2.42. The zero-order valence-corrected chi connectivity index (χ0v) is 12.5. The minimum Gasteiger partial charge on any atom is -0.494 e. The summed E-state index contributed by atoms with van der Waals surface area (Å²) in [6.45, 7) is 6.05. The lowest BCUT2D eigenvalue weighted by molar-refractivity contribution is -0.137. The number of ether oxygens (including phenoxy) is 1. The van der Waals surface area contributed by atoms with Gasteiger partial charge in [-0.25, -0.2) is 8.42 Å². The Morgan fingerprint density at radius 3 is 2.65 bits per heavy atom. The summed E-state index contributed by atoms with van der Waals surface area (Å²) < 4.78 is 30.2. The highest BCUT2D eigenvalue weighted by Gasteiger charge is 2.46. The second kappa shape index (κ2) is 4.77. The van der Waals surface area contributed by atoms with E-state index in [0.717, 1.165) is 0 Å². The van der Waals surface area contributed by atoms with E-state index in [-0.39, 0.29) is 11.3 Å². The van der Waals surface area contributed by atoms with Gasteiger partial charge in [-0.15, -0.1) is 0 Å². The molecule has 0 amide bonds. The average molecular weight is 298 g/mol. The van der Waals surface area contributed by atoms with E-state index in [9.17, 15) is 13.2 Å². The molecular formula is C14H18O5S. The maximum atomic E-state index is 12.4. The number of hydrogen-bond acceptors (Lipinski definition) is 4. The summed E-state index contributed by atoms with van der Waals surface area (Å²) in [7, 11) is -3.84. The molecule has 1 aliphatic heterocycles. The van der Waals surface area contributed by atoms with Gasteiger partial charge in [0.05, 0.1) is 11.5 Å². The SMILES string of the molecule is CCOc1ccc2c(c1)C(C)(C)CC(C(=O)O)S2(=O)=O. The molecule has 0 bridgehead atoms. The predicted molar refractivity (Wildman–Crippen MR) is 73.9 cm³/mol. The van der Waals surface area contributed by atoms with E-state index in [1.54, 1.807) is 12.1 Å². The van der Waals surface area contributed by atoms with Crippen molar-refractivity contribution < 1.29 is 23.1 Å². The minimum absolute atomic E-state index is 0.0627. The van der Waals surface area contributed by atoms with E-state index in [0.29, 0.717) is 17.9 Å². The molecule has 0 saturated carbocycles. The Balaban J connectivity index is 2.65. The van der Waals surface area contributed by atoms with E-state index in [1.807, 2.05) is 20.8 Å². The van der Waals surface area contributed by atoms with Gasteiger partial charge >= 0.3 is 5.97 Å². The molecule has 2 rings (SSSR count). The summed E-state index contributed by atoms with van der Waals surface area (Å²) in [5.74, 6) is -0.694. The van der Waals surface area contributed by atoms with Crippen molar-refractivity contribution in [3.8, 4) is 5.75 Å². The third-order valence-electron chi connectivity index (χ3n) is 3.64. The summed E-state index contributed by atoms with van der Waals surface area (Å²) in [6, 6.07) is 4.72. The maximum absolute atomic E-state index is 12.4. The number of benzene rings is 1. The molecule has 1 N–H and O–H groups in total. The number of sulfone groups is 1. The van der Waals surface area contributed by atoms with Crippen LogP contribution in [0.25, 0.3) is 0 Å². The molecule has 0 aliphatic carbocycles. The fourth-order valence-corrected chi connectivity index (χ4v) is 4.71. The first-order valence-corrected chi connectivity index (χ1v) is 7.99. The molecule has 0 fully saturated rings. The molecule has 0 aromatic heterocycles. The van der Waals surface area contributed by atoms with Crippen LogP contribution in [0.4, 0.5) is 0 Å². The lowest BCUT2D eigenvalue weighted by atomic mass is 9.80. The number of carboxylic acid groups (broad SMARTS) is 1. The first-order chi connectivity index (χ1) is 9.20. The first-order valence-electron chi connectivity index (χ1n) is 6.44. The zero-order valence-electron chi connectivity index (χ0n) is 11.7. The topological polar surface area (TPSA) is 80.7 Å². The van der Waals surface area contributed by atoms with Crippen molar-refractivity contribution in [1.82, 2.24) is 0 Å². The first kappa shape index (κ1) is 14.8. The normalized spacial score (nSPS) is 22.9. The summed E-state index contributed by atoms with van der Waals surface area (Å²) in [5, 5.41) is 7.78. The molecule has 1 unspecified atom stereocenters. The molecule has 0 saturated heterocycles. The molecule has 0 spiro atoms. The van der Waals surface area contributed by atoms with Gasteiger partial charge in [0, 0.05) is 0 Å². The number of carbonyl (C=O) groups is 1. The quantitative estimate of drug-likeness (QED) is 0.923. The number of aliphatic carboxylic acids is 1. The van der Waals surface area contributed by atoms with Gasteiger partial charge in [0.2, 0.25) is 0 Å². The van der Waals surface area contributed by atoms with Crippen LogP contribution in [0.5, 0.6) is 5.75 Å². The summed E-state index contributed by atoms with van der Waals surface area (Å²) in [6.07, 6.45) is 0.0627. The summed E-state index contributed by atoms with van der Waals surface area (Å²) >= 11 is 0. The third-order valence-corrected chi connectivity index (χ3v) is 5.73. The van der Waals surface area contributed by atoms with E-state index in [2.05, 4.69) is 0 Å². The van der Waals surface area contributed by atoms with Crippen molar-refractivity contribution in [2.45, 2.75) is 42.8 Å². The van der Waals surface area contributed by atoms with Gasteiger partial charge in [-0.05, 0) is 42.5 Å². The van der Waals surface area contributed by atoms with Crippen LogP contribution in [0, 0.1) is 0 Å². The highest BCUT2D eigenvalue weighted by atomic mass is 32.2.